The highest BCUT2D eigenvalue weighted by molar-refractivity contribution is 6.01. The van der Waals surface area contributed by atoms with E-state index in [1.807, 2.05) is 73.7 Å². The fraction of sp³-hybridized carbons (Fsp3) is 0.150. The molecule has 0 saturated heterocycles. The van der Waals surface area contributed by atoms with E-state index in [1.165, 1.54) is 0 Å². The molecule has 4 N–H and O–H groups in total. The van der Waals surface area contributed by atoms with Crippen LogP contribution in [0.3, 0.4) is 0 Å². The Hall–Kier alpha value is -2.89. The van der Waals surface area contributed by atoms with Crippen LogP contribution in [0.4, 0.5) is 10.5 Å². The Bertz CT molecular complexity index is 857. The van der Waals surface area contributed by atoms with E-state index in [2.05, 4.69) is 16.1 Å². The molecular formula is C20H21N3O2. The summed E-state index contributed by atoms with van der Waals surface area (Å²) < 4.78 is 0. The van der Waals surface area contributed by atoms with Crippen LogP contribution in [0.15, 0.2) is 66.7 Å². The molecule has 0 radical (unpaired) electrons. The number of anilines is 1. The molecule has 3 rings (SSSR count). The van der Waals surface area contributed by atoms with Crippen molar-refractivity contribution in [2.75, 3.05) is 5.32 Å². The predicted octanol–water partition coefficient (Wildman–Crippen LogP) is 4.20. The molecule has 5 heteroatoms. The second-order valence-electron chi connectivity index (χ2n) is 5.92. The van der Waals surface area contributed by atoms with Crippen molar-refractivity contribution >= 4 is 22.5 Å². The van der Waals surface area contributed by atoms with Gasteiger partial charge in [0.2, 0.25) is 0 Å². The fourth-order valence-electron chi connectivity index (χ4n) is 2.79. The van der Waals surface area contributed by atoms with Crippen LogP contribution in [0.25, 0.3) is 10.8 Å². The monoisotopic (exact) mass is 335 g/mol. The number of carbonyl (C=O) groups excluding carboxylic acids is 1. The van der Waals surface area contributed by atoms with E-state index >= 15 is 0 Å². The van der Waals surface area contributed by atoms with Gasteiger partial charge in [0.1, 0.15) is 0 Å². The SMILES string of the molecule is CC(NC(=O)Nc1cccc2ccccc12)c1ccc(CNO)cc1. The number of hydroxylamine groups is 1. The zero-order chi connectivity index (χ0) is 17.6. The van der Waals surface area contributed by atoms with Crippen LogP contribution in [0, 0.1) is 0 Å². The topological polar surface area (TPSA) is 73.4 Å². The summed E-state index contributed by atoms with van der Waals surface area (Å²) in [6.07, 6.45) is 0. The highest BCUT2D eigenvalue weighted by Gasteiger charge is 2.10. The van der Waals surface area contributed by atoms with Crippen molar-refractivity contribution in [3.05, 3.63) is 77.9 Å². The van der Waals surface area contributed by atoms with Crippen LogP contribution in [-0.4, -0.2) is 11.2 Å². The molecule has 0 aliphatic rings. The number of fused-ring (bicyclic) bond motifs is 1. The molecule has 0 spiro atoms. The molecule has 3 aromatic rings. The minimum atomic E-state index is -0.245. The maximum absolute atomic E-state index is 12.3. The smallest absolute Gasteiger partial charge is 0.319 e. The molecule has 0 saturated carbocycles. The van der Waals surface area contributed by atoms with Crippen molar-refractivity contribution in [3.63, 3.8) is 0 Å². The lowest BCUT2D eigenvalue weighted by atomic mass is 10.1. The van der Waals surface area contributed by atoms with Crippen molar-refractivity contribution in [2.45, 2.75) is 19.5 Å². The summed E-state index contributed by atoms with van der Waals surface area (Å²) in [5.74, 6) is 0. The van der Waals surface area contributed by atoms with Crippen LogP contribution in [0.2, 0.25) is 0 Å². The summed E-state index contributed by atoms with van der Waals surface area (Å²) in [6, 6.07) is 21.1. The summed E-state index contributed by atoms with van der Waals surface area (Å²) in [7, 11) is 0. The average molecular weight is 335 g/mol. The Morgan fingerprint density at radius 3 is 2.48 bits per heavy atom. The van der Waals surface area contributed by atoms with E-state index in [0.29, 0.717) is 6.54 Å². The van der Waals surface area contributed by atoms with Gasteiger partial charge in [0.25, 0.3) is 0 Å². The minimum Gasteiger partial charge on any atom is -0.331 e. The quantitative estimate of drug-likeness (QED) is 0.528. The van der Waals surface area contributed by atoms with Gasteiger partial charge in [-0.2, -0.15) is 0 Å². The van der Waals surface area contributed by atoms with Gasteiger partial charge < -0.3 is 15.8 Å². The molecule has 25 heavy (non-hydrogen) atoms. The first kappa shape index (κ1) is 17.0. The second-order valence-corrected chi connectivity index (χ2v) is 5.92. The third-order valence-corrected chi connectivity index (χ3v) is 4.15. The first-order valence-corrected chi connectivity index (χ1v) is 8.18. The van der Waals surface area contributed by atoms with E-state index in [9.17, 15) is 4.79 Å². The van der Waals surface area contributed by atoms with Gasteiger partial charge in [-0.05, 0) is 29.5 Å². The largest absolute Gasteiger partial charge is 0.331 e. The van der Waals surface area contributed by atoms with E-state index in [-0.39, 0.29) is 12.1 Å². The Labute approximate surface area is 146 Å². The second kappa shape index (κ2) is 7.79. The van der Waals surface area contributed by atoms with Gasteiger partial charge in [-0.3, -0.25) is 0 Å². The Morgan fingerprint density at radius 2 is 1.72 bits per heavy atom. The molecule has 0 bridgehead atoms. The van der Waals surface area contributed by atoms with Gasteiger partial charge in [-0.25, -0.2) is 10.3 Å². The molecule has 0 aromatic heterocycles. The minimum absolute atomic E-state index is 0.133. The van der Waals surface area contributed by atoms with Gasteiger partial charge in [-0.15, -0.1) is 0 Å². The molecule has 0 heterocycles. The lowest BCUT2D eigenvalue weighted by molar-refractivity contribution is 0.161. The van der Waals surface area contributed by atoms with Gasteiger partial charge in [0.15, 0.2) is 0 Å². The Morgan fingerprint density at radius 1 is 1.00 bits per heavy atom. The van der Waals surface area contributed by atoms with Gasteiger partial charge in [0, 0.05) is 11.9 Å². The highest BCUT2D eigenvalue weighted by Crippen LogP contribution is 2.23. The zero-order valence-electron chi connectivity index (χ0n) is 14.0. The fourth-order valence-corrected chi connectivity index (χ4v) is 2.79. The number of rotatable bonds is 5. The van der Waals surface area contributed by atoms with Crippen molar-refractivity contribution in [1.29, 1.82) is 0 Å². The van der Waals surface area contributed by atoms with Crippen molar-refractivity contribution in [1.82, 2.24) is 10.8 Å². The molecule has 1 unspecified atom stereocenters. The number of hydrogen-bond donors (Lipinski definition) is 4. The number of nitrogens with one attached hydrogen (secondary N) is 3. The molecule has 1 atom stereocenters. The molecule has 0 aliphatic heterocycles. The molecule has 5 nitrogen and oxygen atoms in total. The molecule has 2 amide bonds. The van der Waals surface area contributed by atoms with Crippen LogP contribution in [-0.2, 0) is 6.54 Å². The van der Waals surface area contributed by atoms with Crippen LogP contribution < -0.4 is 16.1 Å². The standard InChI is InChI=1S/C20H21N3O2/c1-14(16-11-9-15(10-12-16)13-21-25)22-20(24)23-19-8-4-6-17-5-2-3-7-18(17)19/h2-12,14,21,25H,13H2,1H3,(H2,22,23,24). The molecule has 3 aromatic carbocycles. The van der Waals surface area contributed by atoms with E-state index in [0.717, 1.165) is 27.6 Å². The third-order valence-electron chi connectivity index (χ3n) is 4.15. The molecule has 0 fully saturated rings. The van der Waals surface area contributed by atoms with Crippen LogP contribution in [0.1, 0.15) is 24.1 Å². The van der Waals surface area contributed by atoms with Crippen LogP contribution in [0.5, 0.6) is 0 Å². The number of carbonyl (C=O) groups is 1. The van der Waals surface area contributed by atoms with E-state index in [1.54, 1.807) is 0 Å². The first-order valence-electron chi connectivity index (χ1n) is 8.18. The Balaban J connectivity index is 1.67. The van der Waals surface area contributed by atoms with E-state index in [4.69, 9.17) is 5.21 Å². The maximum atomic E-state index is 12.3. The zero-order valence-corrected chi connectivity index (χ0v) is 14.0. The number of hydrogen-bond acceptors (Lipinski definition) is 3. The van der Waals surface area contributed by atoms with Crippen molar-refractivity contribution in [3.8, 4) is 0 Å². The number of urea groups is 1. The van der Waals surface area contributed by atoms with Gasteiger partial charge >= 0.3 is 6.03 Å². The lowest BCUT2D eigenvalue weighted by Gasteiger charge is -2.16. The van der Waals surface area contributed by atoms with E-state index < -0.39 is 0 Å². The third kappa shape index (κ3) is 4.15. The van der Waals surface area contributed by atoms with Crippen LogP contribution >= 0.6 is 0 Å². The lowest BCUT2D eigenvalue weighted by Crippen LogP contribution is -2.31. The summed E-state index contributed by atoms with van der Waals surface area (Å²) in [5.41, 5.74) is 4.88. The number of benzene rings is 3. The summed E-state index contributed by atoms with van der Waals surface area (Å²) >= 11 is 0. The maximum Gasteiger partial charge on any atom is 0.319 e. The number of amides is 2. The van der Waals surface area contributed by atoms with Crippen molar-refractivity contribution in [2.24, 2.45) is 0 Å². The predicted molar refractivity (Wildman–Crippen MR) is 99.6 cm³/mol. The highest BCUT2D eigenvalue weighted by atomic mass is 16.5. The first-order chi connectivity index (χ1) is 12.2. The van der Waals surface area contributed by atoms with Gasteiger partial charge in [0.05, 0.1) is 11.7 Å². The molecule has 128 valence electrons. The molecule has 0 aliphatic carbocycles. The normalized spacial score (nSPS) is 11.9. The van der Waals surface area contributed by atoms with Crippen molar-refractivity contribution < 1.29 is 10.0 Å². The molecular weight excluding hydrogens is 314 g/mol. The average Bonchev–Trinajstić information content (AvgIpc) is 2.63. The summed E-state index contributed by atoms with van der Waals surface area (Å²) in [4.78, 5) is 12.3. The van der Waals surface area contributed by atoms with Gasteiger partial charge in [-0.1, -0.05) is 60.7 Å². The summed E-state index contributed by atoms with van der Waals surface area (Å²) in [6.45, 7) is 2.33. The Kier molecular flexibility index (Phi) is 5.28. The summed E-state index contributed by atoms with van der Waals surface area (Å²) in [5, 5.41) is 16.7.